The van der Waals surface area contributed by atoms with Crippen LogP contribution in [-0.4, -0.2) is 14.9 Å². The molecule has 0 aliphatic rings. The zero-order valence-corrected chi connectivity index (χ0v) is 9.66. The maximum Gasteiger partial charge on any atom is 0.330 e. The highest BCUT2D eigenvalue weighted by molar-refractivity contribution is 9.10. The lowest BCUT2D eigenvalue weighted by molar-refractivity contribution is -0.0287. The summed E-state index contributed by atoms with van der Waals surface area (Å²) in [5, 5.41) is 10.1. The second-order valence-electron chi connectivity index (χ2n) is 3.36. The molecule has 1 aromatic heterocycles. The van der Waals surface area contributed by atoms with Crippen LogP contribution in [0.1, 0.15) is 11.7 Å². The molecule has 1 heterocycles. The van der Waals surface area contributed by atoms with Crippen LogP contribution in [-0.2, 0) is 0 Å². The molecule has 1 N–H and O–H groups in total. The Bertz CT molecular complexity index is 507. The van der Waals surface area contributed by atoms with Gasteiger partial charge in [0.2, 0.25) is 0 Å². The molecule has 84 valence electrons. The van der Waals surface area contributed by atoms with E-state index < -0.39 is 10.9 Å². The minimum absolute atomic E-state index is 0.160. The smallest absolute Gasteiger partial charge is 0.330 e. The predicted octanol–water partition coefficient (Wildman–Crippen LogP) is 3.26. The summed E-state index contributed by atoms with van der Waals surface area (Å²) >= 11 is 2.16. The summed E-state index contributed by atoms with van der Waals surface area (Å²) in [5.41, 5.74) is 0.739. The Morgan fingerprint density at radius 1 is 1.25 bits per heavy atom. The first-order chi connectivity index (χ1) is 7.50. The quantitative estimate of drug-likeness (QED) is 0.860. The standard InChI is InChI=1S/C11H8BrF2NO/c12-11(13,14)10(16)8-5-6-15-9-4-2-1-3-7(8)9/h1-6,10,16H. The van der Waals surface area contributed by atoms with Crippen molar-refractivity contribution in [2.45, 2.75) is 10.9 Å². The van der Waals surface area contributed by atoms with E-state index in [0.717, 1.165) is 0 Å². The van der Waals surface area contributed by atoms with Gasteiger partial charge in [-0.15, -0.1) is 0 Å². The van der Waals surface area contributed by atoms with Crippen LogP contribution in [0.4, 0.5) is 8.78 Å². The number of hydrogen-bond acceptors (Lipinski definition) is 2. The van der Waals surface area contributed by atoms with E-state index in [2.05, 4.69) is 20.9 Å². The van der Waals surface area contributed by atoms with E-state index in [0.29, 0.717) is 10.9 Å². The lowest BCUT2D eigenvalue weighted by Crippen LogP contribution is -2.18. The van der Waals surface area contributed by atoms with Crippen molar-refractivity contribution < 1.29 is 13.9 Å². The topological polar surface area (TPSA) is 33.1 Å². The predicted molar refractivity (Wildman–Crippen MR) is 60.6 cm³/mol. The molecule has 1 atom stereocenters. The van der Waals surface area contributed by atoms with Crippen molar-refractivity contribution in [1.29, 1.82) is 0 Å². The van der Waals surface area contributed by atoms with E-state index in [1.165, 1.54) is 12.3 Å². The highest BCUT2D eigenvalue weighted by Crippen LogP contribution is 2.38. The molecule has 1 unspecified atom stereocenters. The molecule has 1 aromatic carbocycles. The van der Waals surface area contributed by atoms with Crippen molar-refractivity contribution in [3.05, 3.63) is 42.1 Å². The highest BCUT2D eigenvalue weighted by atomic mass is 79.9. The number of para-hydroxylation sites is 1. The van der Waals surface area contributed by atoms with Gasteiger partial charge in [0.25, 0.3) is 0 Å². The second-order valence-corrected chi connectivity index (χ2v) is 4.42. The first-order valence-electron chi connectivity index (χ1n) is 4.58. The first-order valence-corrected chi connectivity index (χ1v) is 5.38. The molecule has 0 fully saturated rings. The molecule has 0 aliphatic heterocycles. The maximum absolute atomic E-state index is 13.0. The van der Waals surface area contributed by atoms with Gasteiger partial charge in [-0.05, 0) is 33.6 Å². The van der Waals surface area contributed by atoms with Crippen LogP contribution < -0.4 is 0 Å². The maximum atomic E-state index is 13.0. The van der Waals surface area contributed by atoms with E-state index >= 15 is 0 Å². The third-order valence-electron chi connectivity index (χ3n) is 2.29. The van der Waals surface area contributed by atoms with Crippen LogP contribution in [0.2, 0.25) is 0 Å². The second kappa shape index (κ2) is 4.07. The Morgan fingerprint density at radius 2 is 1.94 bits per heavy atom. The number of aromatic nitrogens is 1. The molecule has 0 aliphatic carbocycles. The highest BCUT2D eigenvalue weighted by Gasteiger charge is 2.36. The molecule has 2 aromatic rings. The zero-order valence-electron chi connectivity index (χ0n) is 8.07. The monoisotopic (exact) mass is 287 g/mol. The van der Waals surface area contributed by atoms with Gasteiger partial charge in [0.1, 0.15) is 0 Å². The van der Waals surface area contributed by atoms with E-state index in [4.69, 9.17) is 0 Å². The van der Waals surface area contributed by atoms with Gasteiger partial charge in [-0.25, -0.2) is 0 Å². The Hall–Kier alpha value is -1.07. The fraction of sp³-hybridized carbons (Fsp3) is 0.182. The van der Waals surface area contributed by atoms with Crippen LogP contribution in [0, 0.1) is 0 Å². The summed E-state index contributed by atoms with van der Waals surface area (Å²) in [4.78, 5) is 0.685. The van der Waals surface area contributed by atoms with Gasteiger partial charge in [0.05, 0.1) is 5.52 Å². The van der Waals surface area contributed by atoms with Gasteiger partial charge in [0.15, 0.2) is 6.10 Å². The van der Waals surface area contributed by atoms with Crippen molar-refractivity contribution in [1.82, 2.24) is 4.98 Å². The summed E-state index contributed by atoms with van der Waals surface area (Å²) in [6.07, 6.45) is -0.486. The van der Waals surface area contributed by atoms with Crippen molar-refractivity contribution in [2.75, 3.05) is 0 Å². The molecular formula is C11H8BrF2NO. The number of nitrogens with zero attached hydrogens (tertiary/aromatic N) is 1. The number of pyridine rings is 1. The number of aliphatic hydroxyl groups excluding tert-OH is 1. The normalized spacial score (nSPS) is 14.0. The number of benzene rings is 1. The van der Waals surface area contributed by atoms with Crippen LogP contribution in [0.5, 0.6) is 0 Å². The molecule has 16 heavy (non-hydrogen) atoms. The van der Waals surface area contributed by atoms with E-state index in [1.54, 1.807) is 24.3 Å². The molecular weight excluding hydrogens is 280 g/mol. The van der Waals surface area contributed by atoms with Gasteiger partial charge < -0.3 is 5.11 Å². The van der Waals surface area contributed by atoms with Crippen LogP contribution in [0.15, 0.2) is 36.5 Å². The van der Waals surface area contributed by atoms with E-state index in [1.807, 2.05) is 0 Å². The molecule has 2 nitrogen and oxygen atoms in total. The fourth-order valence-electron chi connectivity index (χ4n) is 1.53. The number of alkyl halides is 3. The van der Waals surface area contributed by atoms with Gasteiger partial charge in [-0.2, -0.15) is 8.78 Å². The van der Waals surface area contributed by atoms with E-state index in [-0.39, 0.29) is 5.56 Å². The van der Waals surface area contributed by atoms with Gasteiger partial charge in [-0.3, -0.25) is 4.98 Å². The molecule has 0 bridgehead atoms. The third-order valence-corrected chi connectivity index (χ3v) is 2.72. The summed E-state index contributed by atoms with van der Waals surface area (Å²) in [7, 11) is 0. The van der Waals surface area contributed by atoms with Crippen LogP contribution >= 0.6 is 15.9 Å². The average Bonchev–Trinajstić information content (AvgIpc) is 2.26. The summed E-state index contributed by atoms with van der Waals surface area (Å²) in [6.45, 7) is 0. The van der Waals surface area contributed by atoms with Crippen molar-refractivity contribution in [3.63, 3.8) is 0 Å². The zero-order chi connectivity index (χ0) is 11.8. The molecule has 0 radical (unpaired) electrons. The number of hydrogen-bond donors (Lipinski definition) is 1. The number of halogens is 3. The first kappa shape index (κ1) is 11.4. The Kier molecular flexibility index (Phi) is 2.90. The van der Waals surface area contributed by atoms with Crippen LogP contribution in [0.25, 0.3) is 10.9 Å². The van der Waals surface area contributed by atoms with Crippen molar-refractivity contribution >= 4 is 26.8 Å². The Balaban J connectivity index is 2.61. The molecule has 2 rings (SSSR count). The van der Waals surface area contributed by atoms with Crippen molar-refractivity contribution in [3.8, 4) is 0 Å². The number of fused-ring (bicyclic) bond motifs is 1. The number of rotatable bonds is 2. The van der Waals surface area contributed by atoms with Gasteiger partial charge in [0, 0.05) is 11.6 Å². The van der Waals surface area contributed by atoms with Crippen LogP contribution in [0.3, 0.4) is 0 Å². The lowest BCUT2D eigenvalue weighted by Gasteiger charge is -2.18. The summed E-state index contributed by atoms with van der Waals surface area (Å²) in [5.74, 6) is 0. The van der Waals surface area contributed by atoms with Crippen molar-refractivity contribution in [2.24, 2.45) is 0 Å². The molecule has 5 heteroatoms. The molecule has 0 saturated carbocycles. The van der Waals surface area contributed by atoms with E-state index in [9.17, 15) is 13.9 Å². The van der Waals surface area contributed by atoms with Gasteiger partial charge in [-0.1, -0.05) is 18.2 Å². The third kappa shape index (κ3) is 2.05. The average molecular weight is 288 g/mol. The molecule has 0 spiro atoms. The lowest BCUT2D eigenvalue weighted by atomic mass is 10.0. The van der Waals surface area contributed by atoms with Gasteiger partial charge >= 0.3 is 4.83 Å². The fourth-order valence-corrected chi connectivity index (χ4v) is 1.78. The molecule has 0 saturated heterocycles. The summed E-state index contributed by atoms with van der Waals surface area (Å²) in [6, 6.07) is 8.23. The minimum atomic E-state index is -3.35. The Morgan fingerprint density at radius 3 is 2.62 bits per heavy atom. The summed E-state index contributed by atoms with van der Waals surface area (Å²) < 4.78 is 26.0. The Labute approximate surface area is 99.1 Å². The SMILES string of the molecule is OC(c1ccnc2ccccc12)C(F)(F)Br. The number of aliphatic hydroxyl groups is 1. The molecule has 0 amide bonds. The minimum Gasteiger partial charge on any atom is -0.381 e. The largest absolute Gasteiger partial charge is 0.381 e.